The van der Waals surface area contributed by atoms with E-state index in [0.29, 0.717) is 10.7 Å². The van der Waals surface area contributed by atoms with E-state index in [1.165, 1.54) is 0 Å². The molecule has 0 spiro atoms. The molecule has 2 unspecified atom stereocenters. The van der Waals surface area contributed by atoms with Crippen LogP contribution in [0.25, 0.3) is 0 Å². The number of allylic oxidation sites excluding steroid dienone is 1. The summed E-state index contributed by atoms with van der Waals surface area (Å²) in [4.78, 5) is -0.671. The van der Waals surface area contributed by atoms with E-state index >= 15 is 0 Å². The lowest BCUT2D eigenvalue weighted by Crippen LogP contribution is -2.52. The molecule has 0 aromatic carbocycles. The largest absolute Gasteiger partial charge is 0.398 e. The Morgan fingerprint density at radius 1 is 1.33 bits per heavy atom. The molecule has 0 aromatic rings. The van der Waals surface area contributed by atoms with Crippen molar-refractivity contribution >= 4 is 23.2 Å². The van der Waals surface area contributed by atoms with Crippen LogP contribution in [0.1, 0.15) is 13.8 Å². The molecule has 0 radical (unpaired) electrons. The monoisotopic (exact) mass is 206 g/mol. The molecule has 2 nitrogen and oxygen atoms in total. The topological polar surface area (TPSA) is 52.0 Å². The van der Waals surface area contributed by atoms with Gasteiger partial charge >= 0.3 is 0 Å². The third kappa shape index (κ3) is 1.47. The first-order chi connectivity index (χ1) is 5.26. The van der Waals surface area contributed by atoms with E-state index in [-0.39, 0.29) is 0 Å². The van der Waals surface area contributed by atoms with Gasteiger partial charge in [0.2, 0.25) is 0 Å². The van der Waals surface area contributed by atoms with Gasteiger partial charge in [0, 0.05) is 5.70 Å². The summed E-state index contributed by atoms with van der Waals surface area (Å²) in [5.41, 5.74) is 11.3. The van der Waals surface area contributed by atoms with Gasteiger partial charge in [0.25, 0.3) is 0 Å². The van der Waals surface area contributed by atoms with Gasteiger partial charge in [0.05, 0.1) is 15.4 Å². The predicted molar refractivity (Wildman–Crippen MR) is 53.1 cm³/mol. The van der Waals surface area contributed by atoms with Crippen LogP contribution in [0.5, 0.6) is 0 Å². The summed E-state index contributed by atoms with van der Waals surface area (Å²) in [6.07, 6.45) is 3.35. The molecule has 1 aliphatic carbocycles. The van der Waals surface area contributed by atoms with Crippen molar-refractivity contribution in [1.82, 2.24) is 0 Å². The van der Waals surface area contributed by atoms with E-state index in [2.05, 4.69) is 0 Å². The summed E-state index contributed by atoms with van der Waals surface area (Å²) in [7, 11) is 0. The molecule has 12 heavy (non-hydrogen) atoms. The molecule has 68 valence electrons. The van der Waals surface area contributed by atoms with Gasteiger partial charge in [0.1, 0.15) is 0 Å². The molecule has 0 aliphatic heterocycles. The maximum atomic E-state index is 6.14. The van der Waals surface area contributed by atoms with E-state index in [0.717, 1.165) is 0 Å². The normalized spacial score (nSPS) is 42.1. The van der Waals surface area contributed by atoms with Crippen molar-refractivity contribution in [2.24, 2.45) is 11.5 Å². The Morgan fingerprint density at radius 2 is 1.83 bits per heavy atom. The molecular formula is C8H12Cl2N2. The summed E-state index contributed by atoms with van der Waals surface area (Å²) in [6.45, 7) is 3.62. The molecule has 0 aromatic heterocycles. The van der Waals surface area contributed by atoms with Crippen molar-refractivity contribution in [2.75, 3.05) is 0 Å². The number of halogens is 2. The van der Waals surface area contributed by atoms with E-state index in [4.69, 9.17) is 34.7 Å². The van der Waals surface area contributed by atoms with Gasteiger partial charge in [-0.2, -0.15) is 0 Å². The van der Waals surface area contributed by atoms with Gasteiger partial charge in [-0.1, -0.05) is 11.6 Å². The second-order valence-corrected chi connectivity index (χ2v) is 4.64. The molecule has 0 saturated heterocycles. The molecule has 0 fully saturated rings. The van der Waals surface area contributed by atoms with Crippen molar-refractivity contribution in [3.63, 3.8) is 0 Å². The van der Waals surface area contributed by atoms with Crippen molar-refractivity contribution < 1.29 is 0 Å². The molecule has 4 N–H and O–H groups in total. The van der Waals surface area contributed by atoms with Crippen LogP contribution in [-0.4, -0.2) is 10.4 Å². The fourth-order valence-corrected chi connectivity index (χ4v) is 1.46. The Balaban J connectivity index is 3.15. The van der Waals surface area contributed by atoms with Crippen molar-refractivity contribution in [2.45, 2.75) is 24.3 Å². The zero-order valence-corrected chi connectivity index (χ0v) is 8.58. The van der Waals surface area contributed by atoms with Crippen LogP contribution in [0.2, 0.25) is 0 Å². The Labute approximate surface area is 82.2 Å². The number of hydrogen-bond donors (Lipinski definition) is 2. The number of hydrogen-bond acceptors (Lipinski definition) is 2. The molecule has 4 heteroatoms. The molecular weight excluding hydrogens is 195 g/mol. The van der Waals surface area contributed by atoms with Gasteiger partial charge in [-0.25, -0.2) is 0 Å². The van der Waals surface area contributed by atoms with Crippen molar-refractivity contribution in [3.05, 3.63) is 22.9 Å². The van der Waals surface area contributed by atoms with Gasteiger partial charge < -0.3 is 11.5 Å². The lowest BCUT2D eigenvalue weighted by molar-refractivity contribution is 0.481. The first-order valence-electron chi connectivity index (χ1n) is 3.61. The Bertz CT molecular complexity index is 236. The minimum absolute atomic E-state index is 0.470. The fourth-order valence-electron chi connectivity index (χ4n) is 1.00. The van der Waals surface area contributed by atoms with Crippen LogP contribution < -0.4 is 11.5 Å². The number of alkyl halides is 1. The summed E-state index contributed by atoms with van der Waals surface area (Å²) >= 11 is 11.9. The first kappa shape index (κ1) is 9.90. The first-order valence-corrected chi connectivity index (χ1v) is 4.37. The molecule has 0 saturated carbocycles. The maximum Gasteiger partial charge on any atom is 0.0833 e. The second-order valence-electron chi connectivity index (χ2n) is 3.45. The lowest BCUT2D eigenvalue weighted by Gasteiger charge is -2.37. The zero-order chi connectivity index (χ0) is 9.57. The van der Waals surface area contributed by atoms with Crippen LogP contribution in [0.4, 0.5) is 0 Å². The van der Waals surface area contributed by atoms with E-state index < -0.39 is 10.4 Å². The van der Waals surface area contributed by atoms with Gasteiger partial charge in [-0.05, 0) is 26.0 Å². The van der Waals surface area contributed by atoms with Gasteiger partial charge in [0.15, 0.2) is 0 Å². The highest BCUT2D eigenvalue weighted by Crippen LogP contribution is 2.36. The van der Waals surface area contributed by atoms with Gasteiger partial charge in [-0.3, -0.25) is 0 Å². The summed E-state index contributed by atoms with van der Waals surface area (Å²) < 4.78 is 0. The van der Waals surface area contributed by atoms with Crippen molar-refractivity contribution in [3.8, 4) is 0 Å². The fraction of sp³-hybridized carbons (Fsp3) is 0.500. The highest BCUT2D eigenvalue weighted by Gasteiger charge is 2.40. The highest BCUT2D eigenvalue weighted by molar-refractivity contribution is 6.33. The minimum Gasteiger partial charge on any atom is -0.398 e. The second kappa shape index (κ2) is 2.66. The standard InChI is InChI=1S/C8H12Cl2N2/c1-7(10)4-6(11)5(9)3-8(7,2)12/h3-4H,11-12H2,1-2H3. The predicted octanol–water partition coefficient (Wildman–Crippen LogP) is 1.68. The van der Waals surface area contributed by atoms with E-state index in [9.17, 15) is 0 Å². The molecule has 0 amide bonds. The van der Waals surface area contributed by atoms with Crippen LogP contribution >= 0.6 is 23.2 Å². The molecule has 0 bridgehead atoms. The van der Waals surface area contributed by atoms with Crippen LogP contribution in [-0.2, 0) is 0 Å². The summed E-state index contributed by atoms with van der Waals surface area (Å²) in [6, 6.07) is 0. The zero-order valence-electron chi connectivity index (χ0n) is 7.07. The summed E-state index contributed by atoms with van der Waals surface area (Å²) in [5.74, 6) is 0. The van der Waals surface area contributed by atoms with Gasteiger partial charge in [-0.15, -0.1) is 11.6 Å². The average Bonchev–Trinajstić information content (AvgIpc) is 1.82. The molecule has 1 rings (SSSR count). The Hall–Kier alpha value is -0.180. The van der Waals surface area contributed by atoms with Crippen LogP contribution in [0.15, 0.2) is 22.9 Å². The highest BCUT2D eigenvalue weighted by atomic mass is 35.5. The third-order valence-electron chi connectivity index (χ3n) is 2.18. The minimum atomic E-state index is -0.671. The molecule has 1 aliphatic rings. The quantitative estimate of drug-likeness (QED) is 0.593. The smallest absolute Gasteiger partial charge is 0.0833 e. The average molecular weight is 207 g/mol. The van der Waals surface area contributed by atoms with E-state index in [1.54, 1.807) is 19.1 Å². The molecule has 2 atom stereocenters. The molecule has 0 heterocycles. The van der Waals surface area contributed by atoms with Crippen LogP contribution in [0.3, 0.4) is 0 Å². The summed E-state index contributed by atoms with van der Waals surface area (Å²) in [5, 5.41) is 0.470. The third-order valence-corrected chi connectivity index (χ3v) is 3.03. The van der Waals surface area contributed by atoms with E-state index in [1.807, 2.05) is 6.92 Å². The van der Waals surface area contributed by atoms with Crippen molar-refractivity contribution in [1.29, 1.82) is 0 Å². The Morgan fingerprint density at radius 3 is 2.25 bits per heavy atom. The SMILES string of the molecule is CC1(N)C=C(Cl)C(N)=CC1(C)Cl. The maximum absolute atomic E-state index is 6.14. The van der Waals surface area contributed by atoms with Crippen LogP contribution in [0, 0.1) is 0 Å². The number of rotatable bonds is 0. The Kier molecular flexibility index (Phi) is 2.19. The lowest BCUT2D eigenvalue weighted by atomic mass is 9.83. The number of nitrogens with two attached hydrogens (primary N) is 2.